The normalized spacial score (nSPS) is 10.6. The quantitative estimate of drug-likeness (QED) is 0.734. The van der Waals surface area contributed by atoms with Gasteiger partial charge in [-0.25, -0.2) is 4.79 Å². The molecule has 0 unspecified atom stereocenters. The van der Waals surface area contributed by atoms with Crippen LogP contribution in [0.15, 0.2) is 36.7 Å². The maximum Gasteiger partial charge on any atom is 0.341 e. The summed E-state index contributed by atoms with van der Waals surface area (Å²) in [7, 11) is 1.70. The number of hydrogen-bond acceptors (Lipinski definition) is 4. The Balaban J connectivity index is 1.96. The molecule has 0 amide bonds. The highest BCUT2D eigenvalue weighted by molar-refractivity contribution is 5.88. The number of hydrogen-bond donors (Lipinski definition) is 0. The molecule has 0 fully saturated rings. The molecule has 5 heteroatoms. The molecule has 5 nitrogen and oxygen atoms in total. The van der Waals surface area contributed by atoms with Gasteiger partial charge in [-0.3, -0.25) is 4.68 Å². The summed E-state index contributed by atoms with van der Waals surface area (Å²) in [5.74, 6) is -0.335. The maximum atomic E-state index is 11.6. The molecule has 0 aliphatic heterocycles. The summed E-state index contributed by atoms with van der Waals surface area (Å²) in [4.78, 5) is 11.6. The van der Waals surface area contributed by atoms with Crippen molar-refractivity contribution in [3.63, 3.8) is 0 Å². The first-order valence-corrected chi connectivity index (χ1v) is 6.99. The zero-order valence-electron chi connectivity index (χ0n) is 12.4. The van der Waals surface area contributed by atoms with Gasteiger partial charge in [0.25, 0.3) is 0 Å². The van der Waals surface area contributed by atoms with Gasteiger partial charge in [0.05, 0.1) is 31.5 Å². The van der Waals surface area contributed by atoms with E-state index in [-0.39, 0.29) is 5.97 Å². The Morgan fingerprint density at radius 3 is 2.62 bits per heavy atom. The van der Waals surface area contributed by atoms with Crippen molar-refractivity contribution in [1.29, 1.82) is 0 Å². The van der Waals surface area contributed by atoms with Crippen LogP contribution < -0.4 is 0 Å². The van der Waals surface area contributed by atoms with Gasteiger partial charge in [0, 0.05) is 13.3 Å². The van der Waals surface area contributed by atoms with Gasteiger partial charge in [-0.2, -0.15) is 5.10 Å². The van der Waals surface area contributed by atoms with Crippen molar-refractivity contribution in [2.75, 3.05) is 20.3 Å². The van der Waals surface area contributed by atoms with Gasteiger partial charge in [0.15, 0.2) is 0 Å². The Morgan fingerprint density at radius 2 is 1.95 bits per heavy atom. The van der Waals surface area contributed by atoms with E-state index in [0.717, 1.165) is 18.6 Å². The van der Waals surface area contributed by atoms with Gasteiger partial charge in [-0.15, -0.1) is 0 Å². The number of ether oxygens (including phenoxy) is 2. The molecule has 0 saturated carbocycles. The van der Waals surface area contributed by atoms with E-state index in [9.17, 15) is 4.79 Å². The van der Waals surface area contributed by atoms with Crippen molar-refractivity contribution >= 4 is 5.97 Å². The van der Waals surface area contributed by atoms with Crippen LogP contribution in [0.5, 0.6) is 0 Å². The lowest BCUT2D eigenvalue weighted by Gasteiger charge is -2.04. The molecule has 0 N–H and O–H groups in total. The van der Waals surface area contributed by atoms with Crippen molar-refractivity contribution in [3.05, 3.63) is 53.3 Å². The molecule has 1 aromatic heterocycles. The topological polar surface area (TPSA) is 53.3 Å². The molecule has 1 heterocycles. The van der Waals surface area contributed by atoms with E-state index in [2.05, 4.69) is 29.4 Å². The fourth-order valence-electron chi connectivity index (χ4n) is 1.99. The average molecular weight is 288 g/mol. The number of benzene rings is 1. The van der Waals surface area contributed by atoms with Crippen LogP contribution in [0.25, 0.3) is 0 Å². The van der Waals surface area contributed by atoms with E-state index in [1.165, 1.54) is 11.8 Å². The molecular formula is C16H20N2O3. The molecule has 0 spiro atoms. The third-order valence-corrected chi connectivity index (χ3v) is 3.11. The van der Waals surface area contributed by atoms with Crippen LogP contribution in [-0.4, -0.2) is 36.1 Å². The van der Waals surface area contributed by atoms with E-state index in [0.29, 0.717) is 18.7 Å². The van der Waals surface area contributed by atoms with Crippen LogP contribution in [0.2, 0.25) is 0 Å². The SMILES string of the molecule is CCOC(=O)c1cnn(Cc2ccc(CCOC)cc2)c1. The average Bonchev–Trinajstić information content (AvgIpc) is 2.95. The molecule has 0 aliphatic rings. The lowest BCUT2D eigenvalue weighted by molar-refractivity contribution is 0.0526. The summed E-state index contributed by atoms with van der Waals surface area (Å²) in [5.41, 5.74) is 2.86. The minimum Gasteiger partial charge on any atom is -0.462 e. The Kier molecular flexibility index (Phi) is 5.51. The molecule has 21 heavy (non-hydrogen) atoms. The number of methoxy groups -OCH3 is 1. The van der Waals surface area contributed by atoms with Crippen LogP contribution in [-0.2, 0) is 22.4 Å². The number of esters is 1. The van der Waals surface area contributed by atoms with Gasteiger partial charge < -0.3 is 9.47 Å². The van der Waals surface area contributed by atoms with E-state index in [1.807, 2.05) is 0 Å². The van der Waals surface area contributed by atoms with E-state index in [1.54, 1.807) is 24.9 Å². The highest BCUT2D eigenvalue weighted by atomic mass is 16.5. The van der Waals surface area contributed by atoms with E-state index < -0.39 is 0 Å². The molecule has 1 aromatic carbocycles. The van der Waals surface area contributed by atoms with E-state index >= 15 is 0 Å². The van der Waals surface area contributed by atoms with Gasteiger partial charge in [-0.05, 0) is 24.5 Å². The number of rotatable bonds is 7. The summed E-state index contributed by atoms with van der Waals surface area (Å²) < 4.78 is 11.7. The molecule has 2 rings (SSSR count). The predicted molar refractivity (Wildman–Crippen MR) is 79.3 cm³/mol. The third-order valence-electron chi connectivity index (χ3n) is 3.11. The van der Waals surface area contributed by atoms with Crippen LogP contribution in [0, 0.1) is 0 Å². The highest BCUT2D eigenvalue weighted by Crippen LogP contribution is 2.08. The summed E-state index contributed by atoms with van der Waals surface area (Å²) in [6.07, 6.45) is 4.15. The van der Waals surface area contributed by atoms with Crippen LogP contribution >= 0.6 is 0 Å². The zero-order chi connectivity index (χ0) is 15.1. The number of carbonyl (C=O) groups is 1. The van der Waals surface area contributed by atoms with Crippen molar-refractivity contribution in [2.24, 2.45) is 0 Å². The standard InChI is InChI=1S/C16H20N2O3/c1-3-21-16(19)15-10-17-18(12-15)11-14-6-4-13(5-7-14)8-9-20-2/h4-7,10,12H,3,8-9,11H2,1-2H3. The first-order chi connectivity index (χ1) is 10.2. The fraction of sp³-hybridized carbons (Fsp3) is 0.375. The number of carbonyl (C=O) groups excluding carboxylic acids is 1. The van der Waals surface area contributed by atoms with Crippen molar-refractivity contribution in [1.82, 2.24) is 9.78 Å². The molecular weight excluding hydrogens is 268 g/mol. The molecule has 0 atom stereocenters. The number of nitrogens with zero attached hydrogens (tertiary/aromatic N) is 2. The zero-order valence-corrected chi connectivity index (χ0v) is 12.4. The molecule has 2 aromatic rings. The van der Waals surface area contributed by atoms with Crippen LogP contribution in [0.3, 0.4) is 0 Å². The fourth-order valence-corrected chi connectivity index (χ4v) is 1.99. The Labute approximate surface area is 124 Å². The van der Waals surface area contributed by atoms with E-state index in [4.69, 9.17) is 9.47 Å². The van der Waals surface area contributed by atoms with Crippen LogP contribution in [0.4, 0.5) is 0 Å². The minimum atomic E-state index is -0.335. The molecule has 0 bridgehead atoms. The number of aromatic nitrogens is 2. The van der Waals surface area contributed by atoms with Crippen LogP contribution in [0.1, 0.15) is 28.4 Å². The van der Waals surface area contributed by atoms with Gasteiger partial charge in [0.2, 0.25) is 0 Å². The van der Waals surface area contributed by atoms with Crippen molar-refractivity contribution in [3.8, 4) is 0 Å². The van der Waals surface area contributed by atoms with Gasteiger partial charge in [-0.1, -0.05) is 24.3 Å². The van der Waals surface area contributed by atoms with Crippen molar-refractivity contribution < 1.29 is 14.3 Å². The Hall–Kier alpha value is -2.14. The highest BCUT2D eigenvalue weighted by Gasteiger charge is 2.09. The Bertz CT molecular complexity index is 575. The van der Waals surface area contributed by atoms with Crippen molar-refractivity contribution in [2.45, 2.75) is 19.9 Å². The third kappa shape index (κ3) is 4.43. The largest absolute Gasteiger partial charge is 0.462 e. The summed E-state index contributed by atoms with van der Waals surface area (Å²) >= 11 is 0. The second-order valence-electron chi connectivity index (χ2n) is 4.71. The second kappa shape index (κ2) is 7.59. The summed E-state index contributed by atoms with van der Waals surface area (Å²) in [5, 5.41) is 4.18. The lowest BCUT2D eigenvalue weighted by atomic mass is 10.1. The molecule has 0 radical (unpaired) electrons. The molecule has 0 saturated heterocycles. The lowest BCUT2D eigenvalue weighted by Crippen LogP contribution is -2.04. The first-order valence-electron chi connectivity index (χ1n) is 6.99. The summed E-state index contributed by atoms with van der Waals surface area (Å²) in [6, 6.07) is 8.31. The summed E-state index contributed by atoms with van der Waals surface area (Å²) in [6.45, 7) is 3.51. The first kappa shape index (κ1) is 15.3. The predicted octanol–water partition coefficient (Wildman–Crippen LogP) is 2.30. The molecule has 112 valence electrons. The maximum absolute atomic E-state index is 11.6. The monoisotopic (exact) mass is 288 g/mol. The smallest absolute Gasteiger partial charge is 0.341 e. The van der Waals surface area contributed by atoms with Gasteiger partial charge in [0.1, 0.15) is 0 Å². The minimum absolute atomic E-state index is 0.335. The molecule has 0 aliphatic carbocycles. The van der Waals surface area contributed by atoms with Gasteiger partial charge >= 0.3 is 5.97 Å². The Morgan fingerprint density at radius 1 is 1.24 bits per heavy atom. The second-order valence-corrected chi connectivity index (χ2v) is 4.71.